The van der Waals surface area contributed by atoms with E-state index in [2.05, 4.69) is 0 Å². The molecule has 0 aromatic heterocycles. The van der Waals surface area contributed by atoms with Crippen LogP contribution in [-0.2, 0) is 11.2 Å². The van der Waals surface area contributed by atoms with E-state index >= 15 is 0 Å². The van der Waals surface area contributed by atoms with Crippen LogP contribution in [0.3, 0.4) is 0 Å². The highest BCUT2D eigenvalue weighted by molar-refractivity contribution is 5.98. The van der Waals surface area contributed by atoms with E-state index in [4.69, 9.17) is 4.74 Å². The van der Waals surface area contributed by atoms with Gasteiger partial charge in [-0.25, -0.2) is 0 Å². The second kappa shape index (κ2) is 10.7. The van der Waals surface area contributed by atoms with Crippen LogP contribution in [0.2, 0.25) is 0 Å². The van der Waals surface area contributed by atoms with Gasteiger partial charge in [0.15, 0.2) is 0 Å². The number of nitro benzene ring substituents is 1. The van der Waals surface area contributed by atoms with Gasteiger partial charge in [-0.3, -0.25) is 19.7 Å². The monoisotopic (exact) mass is 440 g/mol. The number of likely N-dealkylation sites (N-methyl/N-ethyl adjacent to an activating group) is 1. The van der Waals surface area contributed by atoms with Crippen LogP contribution >= 0.6 is 0 Å². The number of piperazine rings is 1. The van der Waals surface area contributed by atoms with Gasteiger partial charge in [0.25, 0.3) is 11.6 Å². The molecule has 0 aliphatic carbocycles. The van der Waals surface area contributed by atoms with E-state index in [0.29, 0.717) is 32.8 Å². The molecule has 2 aromatic carbocycles. The zero-order chi connectivity index (χ0) is 23.1. The van der Waals surface area contributed by atoms with Crippen LogP contribution < -0.4 is 4.74 Å². The van der Waals surface area contributed by atoms with Gasteiger partial charge in [0.1, 0.15) is 17.9 Å². The van der Waals surface area contributed by atoms with Crippen LogP contribution in [0.25, 0.3) is 0 Å². The molecule has 9 nitrogen and oxygen atoms in total. The van der Waals surface area contributed by atoms with Crippen molar-refractivity contribution in [3.8, 4) is 5.75 Å². The van der Waals surface area contributed by atoms with Gasteiger partial charge >= 0.3 is 0 Å². The molecule has 1 heterocycles. The molecule has 0 N–H and O–H groups in total. The summed E-state index contributed by atoms with van der Waals surface area (Å²) in [7, 11) is 3.96. The molecule has 2 aromatic rings. The first kappa shape index (κ1) is 23.2. The van der Waals surface area contributed by atoms with E-state index in [1.807, 2.05) is 43.3 Å². The van der Waals surface area contributed by atoms with Gasteiger partial charge < -0.3 is 19.4 Å². The SMILES string of the molecule is CN(C)CCOc1cccc(CC(=O)N2CCN(C(=O)c3ccccc3[N+](=O)[O-])CC2)c1. The summed E-state index contributed by atoms with van der Waals surface area (Å²) in [5.74, 6) is 0.331. The number of hydrogen-bond donors (Lipinski definition) is 0. The van der Waals surface area contributed by atoms with E-state index in [-0.39, 0.29) is 29.5 Å². The summed E-state index contributed by atoms with van der Waals surface area (Å²) in [5.41, 5.74) is 0.739. The Hall–Kier alpha value is -3.46. The van der Waals surface area contributed by atoms with Crippen molar-refractivity contribution in [3.05, 3.63) is 69.8 Å². The van der Waals surface area contributed by atoms with Crippen molar-refractivity contribution in [1.29, 1.82) is 0 Å². The summed E-state index contributed by atoms with van der Waals surface area (Å²) in [6, 6.07) is 13.4. The minimum atomic E-state index is -0.550. The fraction of sp³-hybridized carbons (Fsp3) is 0.391. The zero-order valence-electron chi connectivity index (χ0n) is 18.4. The Morgan fingerprint density at radius 3 is 2.41 bits per heavy atom. The van der Waals surface area contributed by atoms with Gasteiger partial charge in [0, 0.05) is 38.8 Å². The quantitative estimate of drug-likeness (QED) is 0.461. The number of hydrogen-bond acceptors (Lipinski definition) is 6. The molecule has 2 amide bonds. The molecule has 0 saturated carbocycles. The molecular weight excluding hydrogens is 412 g/mol. The first-order valence-electron chi connectivity index (χ1n) is 10.5. The lowest BCUT2D eigenvalue weighted by molar-refractivity contribution is -0.385. The number of amides is 2. The highest BCUT2D eigenvalue weighted by atomic mass is 16.6. The van der Waals surface area contributed by atoms with E-state index in [0.717, 1.165) is 17.9 Å². The summed E-state index contributed by atoms with van der Waals surface area (Å²) in [6.45, 7) is 2.83. The average molecular weight is 441 g/mol. The van der Waals surface area contributed by atoms with Gasteiger partial charge in [-0.2, -0.15) is 0 Å². The van der Waals surface area contributed by atoms with E-state index in [9.17, 15) is 19.7 Å². The normalized spacial score (nSPS) is 13.8. The van der Waals surface area contributed by atoms with Gasteiger partial charge in [-0.15, -0.1) is 0 Å². The fourth-order valence-electron chi connectivity index (χ4n) is 3.52. The Bertz CT molecular complexity index is 970. The maximum atomic E-state index is 12.8. The van der Waals surface area contributed by atoms with Crippen molar-refractivity contribution in [2.24, 2.45) is 0 Å². The van der Waals surface area contributed by atoms with Crippen molar-refractivity contribution >= 4 is 17.5 Å². The molecular formula is C23H28N4O5. The molecule has 32 heavy (non-hydrogen) atoms. The Kier molecular flexibility index (Phi) is 7.77. The van der Waals surface area contributed by atoms with Crippen LogP contribution in [0.4, 0.5) is 5.69 Å². The van der Waals surface area contributed by atoms with Crippen molar-refractivity contribution < 1.29 is 19.2 Å². The summed E-state index contributed by atoms with van der Waals surface area (Å²) in [5, 5.41) is 11.2. The van der Waals surface area contributed by atoms with Crippen LogP contribution in [0.5, 0.6) is 5.75 Å². The summed E-state index contributed by atoms with van der Waals surface area (Å²) >= 11 is 0. The molecule has 0 unspecified atom stereocenters. The Morgan fingerprint density at radius 1 is 1.03 bits per heavy atom. The number of nitrogens with zero attached hydrogens (tertiary/aromatic N) is 4. The molecule has 1 aliphatic rings. The van der Waals surface area contributed by atoms with Gasteiger partial charge in [0.05, 0.1) is 11.3 Å². The van der Waals surface area contributed by atoms with Gasteiger partial charge in [0.2, 0.25) is 5.91 Å². The smallest absolute Gasteiger partial charge is 0.282 e. The first-order chi connectivity index (χ1) is 15.3. The first-order valence-corrected chi connectivity index (χ1v) is 10.5. The lowest BCUT2D eigenvalue weighted by Gasteiger charge is -2.34. The van der Waals surface area contributed by atoms with Crippen LogP contribution in [-0.4, -0.2) is 84.9 Å². The van der Waals surface area contributed by atoms with Crippen molar-refractivity contribution in [3.63, 3.8) is 0 Å². The Labute approximate surface area is 187 Å². The second-order valence-corrected chi connectivity index (χ2v) is 7.92. The highest BCUT2D eigenvalue weighted by Gasteiger charge is 2.28. The molecule has 170 valence electrons. The third-order valence-electron chi connectivity index (χ3n) is 5.31. The van der Waals surface area contributed by atoms with E-state index in [1.54, 1.807) is 15.9 Å². The predicted molar refractivity (Wildman–Crippen MR) is 120 cm³/mol. The number of nitro groups is 1. The number of carbonyl (C=O) groups is 2. The molecule has 0 spiro atoms. The van der Waals surface area contributed by atoms with Crippen LogP contribution in [0.1, 0.15) is 15.9 Å². The largest absolute Gasteiger partial charge is 0.492 e. The fourth-order valence-corrected chi connectivity index (χ4v) is 3.52. The summed E-state index contributed by atoms with van der Waals surface area (Å²) in [6.07, 6.45) is 0.253. The third-order valence-corrected chi connectivity index (χ3v) is 5.31. The lowest BCUT2D eigenvalue weighted by Crippen LogP contribution is -2.51. The molecule has 0 radical (unpaired) electrons. The maximum Gasteiger partial charge on any atom is 0.282 e. The zero-order valence-corrected chi connectivity index (χ0v) is 18.4. The average Bonchev–Trinajstić information content (AvgIpc) is 2.78. The maximum absolute atomic E-state index is 12.8. The summed E-state index contributed by atoms with van der Waals surface area (Å²) < 4.78 is 5.73. The minimum absolute atomic E-state index is 0.0202. The van der Waals surface area contributed by atoms with Crippen molar-refractivity contribution in [2.75, 3.05) is 53.4 Å². The number of rotatable bonds is 8. The van der Waals surface area contributed by atoms with Gasteiger partial charge in [-0.1, -0.05) is 24.3 Å². The molecule has 0 bridgehead atoms. The molecule has 3 rings (SSSR count). The molecule has 9 heteroatoms. The number of carbonyl (C=O) groups excluding carboxylic acids is 2. The van der Waals surface area contributed by atoms with Crippen molar-refractivity contribution in [1.82, 2.24) is 14.7 Å². The number of ether oxygens (including phenoxy) is 1. The molecule has 1 saturated heterocycles. The molecule has 1 aliphatic heterocycles. The van der Waals surface area contributed by atoms with E-state index < -0.39 is 4.92 Å². The van der Waals surface area contributed by atoms with Crippen molar-refractivity contribution in [2.45, 2.75) is 6.42 Å². The van der Waals surface area contributed by atoms with Gasteiger partial charge in [-0.05, 0) is 37.9 Å². The summed E-state index contributed by atoms with van der Waals surface area (Å²) in [4.78, 5) is 41.5. The standard InChI is InChI=1S/C23H28N4O5/c1-24(2)14-15-32-19-7-5-6-18(16-19)17-22(28)25-10-12-26(13-11-25)23(29)20-8-3-4-9-21(20)27(30)31/h3-9,16H,10-15,17H2,1-2H3. The molecule has 1 fully saturated rings. The molecule has 0 atom stereocenters. The van der Waals surface area contributed by atoms with E-state index in [1.165, 1.54) is 18.2 Å². The van der Waals surface area contributed by atoms with Crippen LogP contribution in [0, 0.1) is 10.1 Å². The highest BCUT2D eigenvalue weighted by Crippen LogP contribution is 2.21. The number of para-hydroxylation sites is 1. The topological polar surface area (TPSA) is 96.2 Å². The third kappa shape index (κ3) is 6.04. The number of benzene rings is 2. The Morgan fingerprint density at radius 2 is 1.72 bits per heavy atom. The predicted octanol–water partition coefficient (Wildman–Crippen LogP) is 2.06. The van der Waals surface area contributed by atoms with Crippen LogP contribution in [0.15, 0.2) is 48.5 Å². The lowest BCUT2D eigenvalue weighted by atomic mass is 10.1. The minimum Gasteiger partial charge on any atom is -0.492 e. The second-order valence-electron chi connectivity index (χ2n) is 7.92. The Balaban J connectivity index is 1.54.